The Bertz CT molecular complexity index is 648. The van der Waals surface area contributed by atoms with E-state index in [1.807, 2.05) is 12.4 Å². The molecule has 3 heterocycles. The van der Waals surface area contributed by atoms with Gasteiger partial charge in [-0.05, 0) is 25.8 Å². The van der Waals surface area contributed by atoms with Crippen LogP contribution in [0.3, 0.4) is 0 Å². The molecule has 0 unspecified atom stereocenters. The largest absolute Gasteiger partial charge is 0.341 e. The minimum Gasteiger partial charge on any atom is -0.341 e. The van der Waals surface area contributed by atoms with Gasteiger partial charge in [0.05, 0.1) is 6.54 Å². The van der Waals surface area contributed by atoms with Gasteiger partial charge in [0.1, 0.15) is 0 Å². The quantitative estimate of drug-likeness (QED) is 0.764. The highest BCUT2D eigenvalue weighted by molar-refractivity contribution is 5.30. The Balaban J connectivity index is 1.58. The van der Waals surface area contributed by atoms with Crippen LogP contribution in [0.2, 0.25) is 0 Å². The van der Waals surface area contributed by atoms with Crippen molar-refractivity contribution in [3.05, 3.63) is 29.7 Å². The second-order valence-electron chi connectivity index (χ2n) is 6.94. The third-order valence-corrected chi connectivity index (χ3v) is 4.54. The van der Waals surface area contributed by atoms with Crippen molar-refractivity contribution in [1.82, 2.24) is 25.0 Å². The van der Waals surface area contributed by atoms with Gasteiger partial charge < -0.3 is 9.42 Å². The van der Waals surface area contributed by atoms with Crippen LogP contribution in [0.15, 0.2) is 16.9 Å². The summed E-state index contributed by atoms with van der Waals surface area (Å²) in [6.07, 6.45) is 7.66. The molecule has 2 aromatic rings. The van der Waals surface area contributed by atoms with Gasteiger partial charge in [-0.15, -0.1) is 0 Å². The molecule has 136 valence electrons. The highest BCUT2D eigenvalue weighted by Crippen LogP contribution is 2.16. The predicted octanol–water partition coefficient (Wildman–Crippen LogP) is 3.00. The maximum atomic E-state index is 5.35. The zero-order valence-electron chi connectivity index (χ0n) is 15.5. The first-order valence-corrected chi connectivity index (χ1v) is 9.26. The monoisotopic (exact) mass is 344 g/mol. The standard InChI is InChI=1S/C18H28N6O/c1-4-23(13-16-21-17(14(2)3)22-25-16)12-15-10-19-18(20-11-15)24-8-6-5-7-9-24/h10-11,14H,4-9,12-13H2,1-3H3. The van der Waals surface area contributed by atoms with Crippen molar-refractivity contribution in [1.29, 1.82) is 0 Å². The average molecular weight is 344 g/mol. The molecule has 0 N–H and O–H groups in total. The zero-order chi connectivity index (χ0) is 17.6. The number of hydrogen-bond donors (Lipinski definition) is 0. The summed E-state index contributed by atoms with van der Waals surface area (Å²) in [7, 11) is 0. The van der Waals surface area contributed by atoms with E-state index in [2.05, 4.69) is 50.7 Å². The molecular weight excluding hydrogens is 316 g/mol. The van der Waals surface area contributed by atoms with Crippen molar-refractivity contribution >= 4 is 5.95 Å². The molecule has 0 radical (unpaired) electrons. The predicted molar refractivity (Wildman–Crippen MR) is 96.3 cm³/mol. The fourth-order valence-corrected chi connectivity index (χ4v) is 2.98. The molecule has 1 saturated heterocycles. The maximum Gasteiger partial charge on any atom is 0.240 e. The highest BCUT2D eigenvalue weighted by atomic mass is 16.5. The highest BCUT2D eigenvalue weighted by Gasteiger charge is 2.15. The van der Waals surface area contributed by atoms with Crippen LogP contribution in [0.25, 0.3) is 0 Å². The van der Waals surface area contributed by atoms with Crippen molar-refractivity contribution in [3.63, 3.8) is 0 Å². The van der Waals surface area contributed by atoms with Crippen molar-refractivity contribution in [2.45, 2.75) is 59.0 Å². The van der Waals surface area contributed by atoms with E-state index in [1.54, 1.807) is 0 Å². The van der Waals surface area contributed by atoms with E-state index in [0.29, 0.717) is 12.4 Å². The summed E-state index contributed by atoms with van der Waals surface area (Å²) in [5.41, 5.74) is 1.10. The normalized spacial score (nSPS) is 15.3. The van der Waals surface area contributed by atoms with Crippen molar-refractivity contribution < 1.29 is 4.52 Å². The number of piperidine rings is 1. The number of aromatic nitrogens is 4. The van der Waals surface area contributed by atoms with Crippen LogP contribution in [0.5, 0.6) is 0 Å². The Kier molecular flexibility index (Phi) is 5.96. The summed E-state index contributed by atoms with van der Waals surface area (Å²) in [5.74, 6) is 2.56. The lowest BCUT2D eigenvalue weighted by Crippen LogP contribution is -2.31. The summed E-state index contributed by atoms with van der Waals surface area (Å²) in [5, 5.41) is 4.03. The van der Waals surface area contributed by atoms with Crippen molar-refractivity contribution in [2.24, 2.45) is 0 Å². The van der Waals surface area contributed by atoms with Gasteiger partial charge >= 0.3 is 0 Å². The van der Waals surface area contributed by atoms with Gasteiger partial charge in [0.15, 0.2) is 5.82 Å². The van der Waals surface area contributed by atoms with Crippen LogP contribution in [0.4, 0.5) is 5.95 Å². The molecule has 1 aliphatic heterocycles. The number of anilines is 1. The fourth-order valence-electron chi connectivity index (χ4n) is 2.98. The first kappa shape index (κ1) is 17.8. The second kappa shape index (κ2) is 8.38. The molecule has 2 aromatic heterocycles. The molecule has 0 spiro atoms. The van der Waals surface area contributed by atoms with E-state index in [1.165, 1.54) is 19.3 Å². The topological polar surface area (TPSA) is 71.2 Å². The van der Waals surface area contributed by atoms with E-state index < -0.39 is 0 Å². The number of hydrogen-bond acceptors (Lipinski definition) is 7. The van der Waals surface area contributed by atoms with Gasteiger partial charge in [-0.2, -0.15) is 4.98 Å². The Morgan fingerprint density at radius 1 is 1.12 bits per heavy atom. The fraction of sp³-hybridized carbons (Fsp3) is 0.667. The summed E-state index contributed by atoms with van der Waals surface area (Å²) in [4.78, 5) is 18.1. The molecule has 0 bridgehead atoms. The number of nitrogens with zero attached hydrogens (tertiary/aromatic N) is 6. The molecule has 0 aliphatic carbocycles. The molecule has 0 amide bonds. The second-order valence-corrected chi connectivity index (χ2v) is 6.94. The van der Waals surface area contributed by atoms with Gasteiger partial charge in [0, 0.05) is 43.5 Å². The molecule has 7 nitrogen and oxygen atoms in total. The molecule has 0 atom stereocenters. The molecular formula is C18H28N6O. The van der Waals surface area contributed by atoms with E-state index in [4.69, 9.17) is 4.52 Å². The van der Waals surface area contributed by atoms with Crippen LogP contribution in [0.1, 0.15) is 63.2 Å². The minimum atomic E-state index is 0.281. The lowest BCUT2D eigenvalue weighted by molar-refractivity contribution is 0.228. The minimum absolute atomic E-state index is 0.281. The SMILES string of the molecule is CCN(Cc1cnc(N2CCCCC2)nc1)Cc1nc(C(C)C)no1. The van der Waals surface area contributed by atoms with Crippen LogP contribution in [-0.4, -0.2) is 44.6 Å². The first-order chi connectivity index (χ1) is 12.2. The Morgan fingerprint density at radius 3 is 2.44 bits per heavy atom. The van der Waals surface area contributed by atoms with Crippen LogP contribution in [-0.2, 0) is 13.1 Å². The van der Waals surface area contributed by atoms with Crippen molar-refractivity contribution in [3.8, 4) is 0 Å². The summed E-state index contributed by atoms with van der Waals surface area (Å²) in [6, 6.07) is 0. The Labute approximate surface area is 149 Å². The third-order valence-electron chi connectivity index (χ3n) is 4.54. The third kappa shape index (κ3) is 4.75. The van der Waals surface area contributed by atoms with Crippen LogP contribution >= 0.6 is 0 Å². The van der Waals surface area contributed by atoms with E-state index >= 15 is 0 Å². The molecule has 7 heteroatoms. The van der Waals surface area contributed by atoms with Gasteiger partial charge in [-0.3, -0.25) is 4.90 Å². The summed E-state index contributed by atoms with van der Waals surface area (Å²) >= 11 is 0. The van der Waals surface area contributed by atoms with Gasteiger partial charge in [-0.1, -0.05) is 25.9 Å². The Morgan fingerprint density at radius 2 is 1.84 bits per heavy atom. The molecule has 1 fully saturated rings. The first-order valence-electron chi connectivity index (χ1n) is 9.26. The molecule has 1 aliphatic rings. The van der Waals surface area contributed by atoms with Crippen LogP contribution < -0.4 is 4.90 Å². The molecule has 0 saturated carbocycles. The van der Waals surface area contributed by atoms with Crippen LogP contribution in [0, 0.1) is 0 Å². The zero-order valence-corrected chi connectivity index (χ0v) is 15.5. The van der Waals surface area contributed by atoms with Gasteiger partial charge in [-0.25, -0.2) is 9.97 Å². The smallest absolute Gasteiger partial charge is 0.240 e. The van der Waals surface area contributed by atoms with Gasteiger partial charge in [0.25, 0.3) is 0 Å². The lowest BCUT2D eigenvalue weighted by atomic mass is 10.1. The van der Waals surface area contributed by atoms with E-state index in [0.717, 1.165) is 43.5 Å². The molecule has 25 heavy (non-hydrogen) atoms. The Hall–Kier alpha value is -2.02. The number of rotatable bonds is 7. The molecule has 3 rings (SSSR count). The molecule has 0 aromatic carbocycles. The maximum absolute atomic E-state index is 5.35. The summed E-state index contributed by atoms with van der Waals surface area (Å²) in [6.45, 7) is 10.7. The average Bonchev–Trinajstić information content (AvgIpc) is 3.11. The summed E-state index contributed by atoms with van der Waals surface area (Å²) < 4.78 is 5.35. The van der Waals surface area contributed by atoms with Gasteiger partial charge in [0.2, 0.25) is 11.8 Å². The van der Waals surface area contributed by atoms with Crippen molar-refractivity contribution in [2.75, 3.05) is 24.5 Å². The van der Waals surface area contributed by atoms with E-state index in [9.17, 15) is 0 Å². The van der Waals surface area contributed by atoms with E-state index in [-0.39, 0.29) is 5.92 Å². The lowest BCUT2D eigenvalue weighted by Gasteiger charge is -2.26.